The Hall–Kier alpha value is -12.3. The van der Waals surface area contributed by atoms with E-state index in [1.54, 1.807) is 55.4 Å². The number of H-pyrrole nitrogens is 2. The summed E-state index contributed by atoms with van der Waals surface area (Å²) >= 11 is 0. The maximum Gasteiger partial charge on any atom is 0.326 e. The molecule has 0 aliphatic rings. The molecule has 0 spiro atoms. The van der Waals surface area contributed by atoms with Crippen LogP contribution in [0.3, 0.4) is 0 Å². The summed E-state index contributed by atoms with van der Waals surface area (Å²) in [6, 6.07) is -4.75. The number of carboxylic acids is 2. The van der Waals surface area contributed by atoms with Crippen molar-refractivity contribution in [3.8, 4) is 11.5 Å². The zero-order chi connectivity index (χ0) is 83.5. The number of carbonyl (C=O) groups excluding carboxylic acids is 13. The number of aromatic amines is 2. The Morgan fingerprint density at radius 3 is 1.35 bits per heavy atom. The van der Waals surface area contributed by atoms with E-state index in [2.05, 4.69) is 89.1 Å². The van der Waals surface area contributed by atoms with Crippen molar-refractivity contribution in [3.05, 3.63) is 96.1 Å². The molecule has 26 N–H and O–H groups in total. The van der Waals surface area contributed by atoms with E-state index in [4.69, 9.17) is 22.6 Å². The summed E-state index contributed by atoms with van der Waals surface area (Å²) in [5.74, 6) is -17.5. The van der Waals surface area contributed by atoms with E-state index in [0.29, 0.717) is 11.1 Å². The highest BCUT2D eigenvalue weighted by molar-refractivity contribution is 5.99. The van der Waals surface area contributed by atoms with Crippen LogP contribution in [0.5, 0.6) is 11.5 Å². The molecule has 0 unspecified atom stereocenters. The van der Waals surface area contributed by atoms with Crippen molar-refractivity contribution >= 4 is 94.7 Å². The minimum atomic E-state index is -1.61. The van der Waals surface area contributed by atoms with E-state index < -0.39 is 205 Å². The lowest BCUT2D eigenvalue weighted by Gasteiger charge is -2.31. The second-order valence-electron chi connectivity index (χ2n) is 28.1. The van der Waals surface area contributed by atoms with Crippen LogP contribution < -0.4 is 86.3 Å². The summed E-state index contributed by atoms with van der Waals surface area (Å²) in [5.41, 5.74) is 18.1. The maximum absolute atomic E-state index is 14.8. The number of benzene rings is 2. The first-order valence-corrected chi connectivity index (χ1v) is 36.5. The topological polar surface area (TPSA) is 653 Å². The van der Waals surface area contributed by atoms with Crippen molar-refractivity contribution in [2.75, 3.05) is 19.6 Å². The number of aliphatic carboxylic acids is 2. The van der Waals surface area contributed by atoms with Gasteiger partial charge in [0.2, 0.25) is 76.8 Å². The molecule has 614 valence electrons. The third-order valence-corrected chi connectivity index (χ3v) is 17.7. The number of nitrogens with zero attached hydrogens (tertiary/aromatic N) is 2. The Morgan fingerprint density at radius 1 is 0.455 bits per heavy atom. The molecule has 0 fully saturated rings. The molecule has 2 aromatic carbocycles. The number of carbonyl (C=O) groups is 15. The highest BCUT2D eigenvalue weighted by Crippen LogP contribution is 2.18. The van der Waals surface area contributed by atoms with Gasteiger partial charge in [0.15, 0.2) is 5.96 Å². The first-order chi connectivity index (χ1) is 52.8. The summed E-state index contributed by atoms with van der Waals surface area (Å²) in [6.45, 7) is 11.6. The molecular weight excluding hydrogens is 1460 g/mol. The van der Waals surface area contributed by atoms with Gasteiger partial charge in [-0.2, -0.15) is 0 Å². The minimum absolute atomic E-state index is 0.0134. The molecule has 0 saturated heterocycles. The molecule has 0 saturated carbocycles. The number of carboxylic acid groups (broad SMARTS) is 2. The van der Waals surface area contributed by atoms with E-state index >= 15 is 0 Å². The summed E-state index contributed by atoms with van der Waals surface area (Å²) in [4.78, 5) is 218. The zero-order valence-electron chi connectivity index (χ0n) is 63.7. The predicted molar refractivity (Wildman–Crippen MR) is 402 cm³/mol. The number of imidazole rings is 2. The molecule has 4 aromatic rings. The number of hydrogen-bond donors (Lipinski definition) is 23. The van der Waals surface area contributed by atoms with Gasteiger partial charge in [-0.25, -0.2) is 14.8 Å². The molecule has 2 aromatic heterocycles. The largest absolute Gasteiger partial charge is 0.508 e. The van der Waals surface area contributed by atoms with Crippen LogP contribution >= 0.6 is 0 Å². The monoisotopic (exact) mass is 1570 g/mol. The molecule has 12 atom stereocenters. The molecule has 0 radical (unpaired) electrons. The molecular formula is C72H107N21O19. The second kappa shape index (κ2) is 46.3. The van der Waals surface area contributed by atoms with Gasteiger partial charge < -0.3 is 117 Å². The minimum Gasteiger partial charge on any atom is -0.508 e. The van der Waals surface area contributed by atoms with Crippen LogP contribution in [0.25, 0.3) is 0 Å². The van der Waals surface area contributed by atoms with Gasteiger partial charge in [-0.3, -0.25) is 72.5 Å². The van der Waals surface area contributed by atoms with Crippen LogP contribution in [0.2, 0.25) is 0 Å². The quantitative estimate of drug-likeness (QED) is 0.0114. The third-order valence-electron chi connectivity index (χ3n) is 17.7. The molecule has 40 nitrogen and oxygen atoms in total. The van der Waals surface area contributed by atoms with E-state index in [-0.39, 0.29) is 99.6 Å². The Balaban J connectivity index is 1.55. The van der Waals surface area contributed by atoms with Gasteiger partial charge in [0.25, 0.3) is 0 Å². The number of rotatable bonds is 49. The molecule has 13 amide bonds. The third kappa shape index (κ3) is 32.9. The number of nitrogens with one attached hydrogen (secondary N) is 16. The number of hydrogen-bond acceptors (Lipinski definition) is 21. The van der Waals surface area contributed by atoms with Gasteiger partial charge in [0.1, 0.15) is 71.9 Å². The van der Waals surface area contributed by atoms with Gasteiger partial charge in [0.05, 0.1) is 43.2 Å². The van der Waals surface area contributed by atoms with Crippen LogP contribution in [0.1, 0.15) is 129 Å². The molecule has 0 aliphatic heterocycles. The number of amides is 13. The second-order valence-corrected chi connectivity index (χ2v) is 28.1. The number of nitrogens with two attached hydrogens (primary N) is 3. The lowest BCUT2D eigenvalue weighted by Crippen LogP contribution is -2.62. The smallest absolute Gasteiger partial charge is 0.326 e. The van der Waals surface area contributed by atoms with Crippen molar-refractivity contribution in [3.63, 3.8) is 0 Å². The van der Waals surface area contributed by atoms with Crippen LogP contribution in [0.15, 0.2) is 73.6 Å². The Bertz CT molecular complexity index is 3840. The first kappa shape index (κ1) is 92.1. The molecule has 0 bridgehead atoms. The predicted octanol–water partition coefficient (Wildman–Crippen LogP) is -3.90. The fourth-order valence-corrected chi connectivity index (χ4v) is 11.2. The van der Waals surface area contributed by atoms with Crippen LogP contribution in [0, 0.1) is 29.1 Å². The molecule has 40 heteroatoms. The van der Waals surface area contributed by atoms with E-state index in [0.717, 1.165) is 0 Å². The van der Waals surface area contributed by atoms with Crippen molar-refractivity contribution in [1.82, 2.24) is 89.1 Å². The first-order valence-electron chi connectivity index (χ1n) is 36.5. The van der Waals surface area contributed by atoms with Crippen molar-refractivity contribution in [1.29, 1.82) is 5.41 Å². The number of phenolic OH excluding ortho intramolecular Hbond substituents is 2. The Morgan fingerprint density at radius 2 is 0.875 bits per heavy atom. The fraction of sp³-hybridized carbons (Fsp3) is 0.528. The van der Waals surface area contributed by atoms with Gasteiger partial charge in [-0.15, -0.1) is 0 Å². The highest BCUT2D eigenvalue weighted by Gasteiger charge is 2.39. The molecule has 112 heavy (non-hydrogen) atoms. The number of phenols is 2. The van der Waals surface area contributed by atoms with Crippen molar-refractivity contribution < 1.29 is 92.3 Å². The molecule has 0 aliphatic carbocycles. The standard InChI is InChI=1S/C72H107N21O19/c1-9-39(8)60(93-69(109)59(38(6)7)92-66(106)51(27-41-14-18-45(95)19-15-41)84-56(98)33-80-55(97)32-81-62(102)50(26-40-12-16-44(94)17-13-40)87-61(101)46(73)20-22-54(74)96)70(110)86-47(11-10-24-79-72(75)76)63(103)88-52(28-42-30-77-34-82-42)67(107)91-58(37(4)5)68(108)89-49(25-36(2)3)65(105)85-48(21-23-57(99)100)64(104)90-53(71(111)112)29-43-31-78-35-83-43/h12-19,30-31,34-39,46-53,58-60,94-95H,9-11,20-29,32-33,73H2,1-8H3,(H2,74,96)(H,77,82)(H,78,83)(H,80,97)(H,81,102)(H,84,98)(H,85,105)(H,86,110)(H,87,101)(H,88,103)(H,89,108)(H,90,104)(H,91,107)(H,92,106)(H,93,109)(H,99,100)(H,111,112)(H4,75,76,79)/t39-,46-,47-,48-,49-,50-,51-,52-,53-,58-,59-,60-/m0/s1. The fourth-order valence-electron chi connectivity index (χ4n) is 11.2. The lowest BCUT2D eigenvalue weighted by molar-refractivity contribution is -0.143. The van der Waals surface area contributed by atoms with E-state index in [9.17, 15) is 92.3 Å². The number of guanidine groups is 1. The lowest BCUT2D eigenvalue weighted by atomic mass is 9.95. The van der Waals surface area contributed by atoms with Gasteiger partial charge in [0, 0.05) is 57.5 Å². The van der Waals surface area contributed by atoms with E-state index in [1.165, 1.54) is 73.6 Å². The Labute approximate surface area is 646 Å². The highest BCUT2D eigenvalue weighted by atomic mass is 16.4. The summed E-state index contributed by atoms with van der Waals surface area (Å²) < 4.78 is 0. The summed E-state index contributed by atoms with van der Waals surface area (Å²) in [7, 11) is 0. The van der Waals surface area contributed by atoms with Crippen LogP contribution in [-0.4, -0.2) is 221 Å². The summed E-state index contributed by atoms with van der Waals surface area (Å²) in [5, 5.41) is 80.2. The van der Waals surface area contributed by atoms with Crippen molar-refractivity contribution in [2.24, 2.45) is 40.9 Å². The van der Waals surface area contributed by atoms with Gasteiger partial charge in [-0.1, -0.05) is 86.1 Å². The van der Waals surface area contributed by atoms with Gasteiger partial charge in [-0.05, 0) is 91.2 Å². The van der Waals surface area contributed by atoms with E-state index in [1.807, 2.05) is 0 Å². The number of aromatic hydroxyl groups is 2. The summed E-state index contributed by atoms with van der Waals surface area (Å²) in [6.07, 6.45) is 3.08. The molecule has 4 rings (SSSR count). The van der Waals surface area contributed by atoms with Crippen LogP contribution in [-0.2, 0) is 97.6 Å². The average Bonchev–Trinajstić information content (AvgIpc) is 0.976. The molecule has 2 heterocycles. The Kier molecular flexibility index (Phi) is 38.1. The normalized spacial score (nSPS) is 14.4. The number of primary amides is 1. The van der Waals surface area contributed by atoms with Crippen molar-refractivity contribution in [2.45, 2.75) is 199 Å². The SMILES string of the molecule is CC[C@H](C)[C@H](NC(=O)[C@@H](NC(=O)[C@H](Cc1ccc(O)cc1)NC(=O)CNC(=O)CNC(=O)[C@H](Cc1ccc(O)cc1)NC(=O)[C@@H](N)CCC(N)=O)C(C)C)C(=O)N[C@@H](CCCNC(=N)N)C(=O)N[C@@H](Cc1c[nH]cn1)C(=O)N[C@H](C(=O)N[C@@H](CC(C)C)C(=O)N[C@@H](CCC(=O)O)C(=O)N[C@@H](Cc1c[nH]cn1)C(=O)O)C(C)C. The maximum atomic E-state index is 14.8. The zero-order valence-corrected chi connectivity index (χ0v) is 63.7. The van der Waals surface area contributed by atoms with Crippen LogP contribution in [0.4, 0.5) is 0 Å². The number of aromatic nitrogens is 4. The average molecular weight is 1570 g/mol. The van der Waals surface area contributed by atoms with Gasteiger partial charge >= 0.3 is 11.9 Å².